The van der Waals surface area contributed by atoms with E-state index >= 15 is 0 Å². The molecule has 1 N–H and O–H groups in total. The normalized spacial score (nSPS) is 10.4. The van der Waals surface area contributed by atoms with Crippen LogP contribution in [0, 0.1) is 17.1 Å². The second kappa shape index (κ2) is 5.80. The van der Waals surface area contributed by atoms with Crippen molar-refractivity contribution in [1.29, 1.82) is 0 Å². The molecule has 2 aromatic rings. The van der Waals surface area contributed by atoms with Crippen LogP contribution < -0.4 is 4.74 Å². The number of aromatic amines is 1. The maximum absolute atomic E-state index is 5.40. The van der Waals surface area contributed by atoms with Gasteiger partial charge in [-0.2, -0.15) is 14.9 Å². The Balaban J connectivity index is 2.24. The zero-order chi connectivity index (χ0) is 12.8. The Morgan fingerprint density at radius 2 is 2.39 bits per heavy atom. The lowest BCUT2D eigenvalue weighted by atomic mass is 10.2. The van der Waals surface area contributed by atoms with Crippen molar-refractivity contribution < 1.29 is 4.74 Å². The van der Waals surface area contributed by atoms with Crippen LogP contribution in [0.1, 0.15) is 5.56 Å². The smallest absolute Gasteiger partial charge is 0.216 e. The van der Waals surface area contributed by atoms with Crippen LogP contribution in [0.4, 0.5) is 0 Å². The van der Waals surface area contributed by atoms with Crippen LogP contribution in [0.15, 0.2) is 35.7 Å². The molecule has 6 heteroatoms. The largest absolute Gasteiger partial charge is 0.480 e. The first-order chi connectivity index (χ1) is 8.81. The molecule has 0 unspecified atom stereocenters. The molecule has 2 rings (SSSR count). The Morgan fingerprint density at radius 3 is 3.11 bits per heavy atom. The van der Waals surface area contributed by atoms with E-state index in [-0.39, 0.29) is 6.61 Å². The van der Waals surface area contributed by atoms with Gasteiger partial charge in [0.1, 0.15) is 18.7 Å². The summed E-state index contributed by atoms with van der Waals surface area (Å²) in [6.07, 6.45) is 8.28. The molecule has 0 aliphatic heterocycles. The zero-order valence-electron chi connectivity index (χ0n) is 9.41. The summed E-state index contributed by atoms with van der Waals surface area (Å²) in [7, 11) is 0. The van der Waals surface area contributed by atoms with Crippen molar-refractivity contribution in [2.75, 3.05) is 6.61 Å². The molecule has 1 aromatic carbocycles. The Hall–Kier alpha value is -2.39. The Labute approximate surface area is 109 Å². The molecule has 18 heavy (non-hydrogen) atoms. The van der Waals surface area contributed by atoms with Crippen LogP contribution >= 0.6 is 12.2 Å². The van der Waals surface area contributed by atoms with Crippen LogP contribution in [0.3, 0.4) is 0 Å². The molecule has 0 bridgehead atoms. The van der Waals surface area contributed by atoms with Crippen LogP contribution in [0.5, 0.6) is 5.75 Å². The van der Waals surface area contributed by atoms with Crippen LogP contribution in [-0.4, -0.2) is 27.7 Å². The summed E-state index contributed by atoms with van der Waals surface area (Å²) in [6.45, 7) is 0.218. The van der Waals surface area contributed by atoms with Crippen molar-refractivity contribution in [1.82, 2.24) is 14.9 Å². The number of terminal acetylenes is 1. The van der Waals surface area contributed by atoms with Crippen LogP contribution in [0.2, 0.25) is 0 Å². The molecule has 1 heterocycles. The summed E-state index contributed by atoms with van der Waals surface area (Å²) >= 11 is 4.98. The van der Waals surface area contributed by atoms with E-state index in [0.29, 0.717) is 10.5 Å². The number of para-hydroxylation sites is 1. The third kappa shape index (κ3) is 2.84. The third-order valence-electron chi connectivity index (χ3n) is 2.09. The van der Waals surface area contributed by atoms with Gasteiger partial charge in [0.25, 0.3) is 0 Å². The monoisotopic (exact) mass is 258 g/mol. The highest BCUT2D eigenvalue weighted by molar-refractivity contribution is 7.71. The Bertz CT molecular complexity index is 650. The number of ether oxygens (including phenoxy) is 1. The van der Waals surface area contributed by atoms with Gasteiger partial charge in [0.05, 0.1) is 6.21 Å². The van der Waals surface area contributed by atoms with Crippen molar-refractivity contribution >= 4 is 18.4 Å². The van der Waals surface area contributed by atoms with Gasteiger partial charge in [-0.05, 0) is 24.4 Å². The minimum Gasteiger partial charge on any atom is -0.480 e. The summed E-state index contributed by atoms with van der Waals surface area (Å²) in [6, 6.07) is 7.46. The van der Waals surface area contributed by atoms with E-state index in [9.17, 15) is 0 Å². The molecule has 0 aliphatic carbocycles. The summed E-state index contributed by atoms with van der Waals surface area (Å²) in [5, 5.41) is 10.5. The Morgan fingerprint density at radius 1 is 1.56 bits per heavy atom. The summed E-state index contributed by atoms with van der Waals surface area (Å²) < 4.78 is 7.28. The lowest BCUT2D eigenvalue weighted by Crippen LogP contribution is -1.98. The van der Waals surface area contributed by atoms with E-state index in [1.807, 2.05) is 24.3 Å². The second-order valence-electron chi connectivity index (χ2n) is 3.28. The highest BCUT2D eigenvalue weighted by Crippen LogP contribution is 2.15. The Kier molecular flexibility index (Phi) is 3.89. The average Bonchev–Trinajstić information content (AvgIpc) is 2.80. The van der Waals surface area contributed by atoms with Gasteiger partial charge in [-0.1, -0.05) is 18.1 Å². The van der Waals surface area contributed by atoms with Gasteiger partial charge in [0.15, 0.2) is 0 Å². The third-order valence-corrected chi connectivity index (χ3v) is 2.36. The van der Waals surface area contributed by atoms with Gasteiger partial charge in [-0.15, -0.1) is 6.42 Å². The minimum atomic E-state index is 0.218. The molecule has 0 aliphatic rings. The summed E-state index contributed by atoms with van der Waals surface area (Å²) in [5.74, 6) is 3.09. The maximum Gasteiger partial charge on any atom is 0.216 e. The van der Waals surface area contributed by atoms with E-state index in [0.717, 1.165) is 5.56 Å². The first-order valence-corrected chi connectivity index (χ1v) is 5.54. The molecule has 0 saturated heterocycles. The van der Waals surface area contributed by atoms with Gasteiger partial charge in [-0.3, -0.25) is 5.10 Å². The molecule has 0 spiro atoms. The molecule has 5 nitrogen and oxygen atoms in total. The molecular weight excluding hydrogens is 248 g/mol. The van der Waals surface area contributed by atoms with E-state index in [1.54, 1.807) is 6.21 Å². The molecule has 0 fully saturated rings. The fourth-order valence-corrected chi connectivity index (χ4v) is 1.43. The number of nitrogens with one attached hydrogen (secondary N) is 1. The van der Waals surface area contributed by atoms with Gasteiger partial charge in [-0.25, -0.2) is 0 Å². The van der Waals surface area contributed by atoms with Gasteiger partial charge >= 0.3 is 0 Å². The van der Waals surface area contributed by atoms with E-state index < -0.39 is 0 Å². The molecule has 0 atom stereocenters. The van der Waals surface area contributed by atoms with Gasteiger partial charge in [0.2, 0.25) is 4.77 Å². The number of hydrogen-bond acceptors (Lipinski definition) is 4. The van der Waals surface area contributed by atoms with Gasteiger partial charge in [0, 0.05) is 5.56 Å². The molecule has 0 amide bonds. The van der Waals surface area contributed by atoms with E-state index in [2.05, 4.69) is 21.2 Å². The maximum atomic E-state index is 5.40. The number of nitrogens with zero attached hydrogens (tertiary/aromatic N) is 3. The van der Waals surface area contributed by atoms with Crippen molar-refractivity contribution in [3.63, 3.8) is 0 Å². The molecule has 90 valence electrons. The van der Waals surface area contributed by atoms with E-state index in [4.69, 9.17) is 23.4 Å². The quantitative estimate of drug-likeness (QED) is 0.517. The highest BCUT2D eigenvalue weighted by Gasteiger charge is 1.99. The average molecular weight is 258 g/mol. The fourth-order valence-electron chi connectivity index (χ4n) is 1.29. The number of rotatable bonds is 4. The van der Waals surface area contributed by atoms with Crippen LogP contribution in [0.25, 0.3) is 0 Å². The standard InChI is InChI=1S/C12H10N4OS/c1-2-7-17-11-6-4-3-5-10(11)8-14-16-9-13-15-12(16)18/h1,3-6,8-9H,7H2,(H,15,18)/b14-8-. The predicted molar refractivity (Wildman–Crippen MR) is 71.2 cm³/mol. The van der Waals surface area contributed by atoms with Crippen molar-refractivity contribution in [3.8, 4) is 18.1 Å². The first kappa shape index (κ1) is 12.1. The number of H-pyrrole nitrogens is 1. The number of benzene rings is 1. The topological polar surface area (TPSA) is 55.2 Å². The fraction of sp³-hybridized carbons (Fsp3) is 0.0833. The molecule has 0 saturated carbocycles. The van der Waals surface area contributed by atoms with Gasteiger partial charge < -0.3 is 4.74 Å². The highest BCUT2D eigenvalue weighted by atomic mass is 32.1. The zero-order valence-corrected chi connectivity index (χ0v) is 10.2. The molecule has 1 aromatic heterocycles. The van der Waals surface area contributed by atoms with Crippen molar-refractivity contribution in [3.05, 3.63) is 40.9 Å². The second-order valence-corrected chi connectivity index (χ2v) is 3.67. The van der Waals surface area contributed by atoms with Crippen molar-refractivity contribution in [2.45, 2.75) is 0 Å². The number of aromatic nitrogens is 3. The lowest BCUT2D eigenvalue weighted by molar-refractivity contribution is 0.370. The van der Waals surface area contributed by atoms with Crippen molar-refractivity contribution in [2.24, 2.45) is 5.10 Å². The van der Waals surface area contributed by atoms with E-state index in [1.165, 1.54) is 11.0 Å². The SMILES string of the molecule is C#CCOc1ccccc1/C=N\n1cn[nH]c1=S. The molecule has 0 radical (unpaired) electrons. The van der Waals surface area contributed by atoms with Crippen LogP contribution in [-0.2, 0) is 0 Å². The summed E-state index contributed by atoms with van der Waals surface area (Å²) in [4.78, 5) is 0. The lowest BCUT2D eigenvalue weighted by Gasteiger charge is -2.04. The predicted octanol–water partition coefficient (Wildman–Crippen LogP) is 1.83. The molecular formula is C12H10N4OS. The summed E-state index contributed by atoms with van der Waals surface area (Å²) in [5.41, 5.74) is 0.816. The minimum absolute atomic E-state index is 0.218. The first-order valence-electron chi connectivity index (χ1n) is 5.13. The number of hydrogen-bond donors (Lipinski definition) is 1.